The molecule has 1 aromatic heterocycles. The van der Waals surface area contributed by atoms with Crippen molar-refractivity contribution < 1.29 is 22.7 Å². The van der Waals surface area contributed by atoms with Gasteiger partial charge in [0.25, 0.3) is 5.91 Å². The lowest BCUT2D eigenvalue weighted by atomic mass is 10.1. The molecule has 1 aliphatic heterocycles. The molecule has 1 aromatic carbocycles. The van der Waals surface area contributed by atoms with Gasteiger partial charge in [-0.25, -0.2) is 0 Å². The van der Waals surface area contributed by atoms with Gasteiger partial charge in [0.05, 0.1) is 0 Å². The van der Waals surface area contributed by atoms with E-state index >= 15 is 0 Å². The van der Waals surface area contributed by atoms with E-state index in [0.717, 1.165) is 25.3 Å². The highest BCUT2D eigenvalue weighted by atomic mass is 19.4. The molecule has 1 aliphatic carbocycles. The molecule has 4 rings (SSSR count). The Bertz CT molecular complexity index is 927. The molecule has 6 nitrogen and oxygen atoms in total. The number of likely N-dealkylation sites (tertiary alicyclic amines) is 1. The van der Waals surface area contributed by atoms with Gasteiger partial charge in [0.2, 0.25) is 0 Å². The Morgan fingerprint density at radius 2 is 1.97 bits per heavy atom. The normalized spacial score (nSPS) is 23.0. The third-order valence-electron chi connectivity index (χ3n) is 6.45. The van der Waals surface area contributed by atoms with Crippen molar-refractivity contribution >= 4 is 5.91 Å². The zero-order valence-electron chi connectivity index (χ0n) is 17.9. The summed E-state index contributed by atoms with van der Waals surface area (Å²) < 4.78 is 43.5. The van der Waals surface area contributed by atoms with E-state index in [1.54, 1.807) is 28.8 Å². The Kier molecular flexibility index (Phi) is 5.72. The number of fused-ring (bicyclic) bond motifs is 1. The largest absolute Gasteiger partial charge is 0.573 e. The van der Waals surface area contributed by atoms with Gasteiger partial charge in [-0.3, -0.25) is 9.48 Å². The van der Waals surface area contributed by atoms with E-state index in [2.05, 4.69) is 21.7 Å². The Morgan fingerprint density at radius 3 is 2.55 bits per heavy atom. The van der Waals surface area contributed by atoms with Crippen molar-refractivity contribution in [3.8, 4) is 5.75 Å². The molecule has 1 saturated heterocycles. The number of ether oxygens (including phenoxy) is 1. The van der Waals surface area contributed by atoms with Gasteiger partial charge in [-0.05, 0) is 55.0 Å². The van der Waals surface area contributed by atoms with E-state index in [1.165, 1.54) is 18.2 Å². The lowest BCUT2D eigenvalue weighted by molar-refractivity contribution is -0.274. The summed E-state index contributed by atoms with van der Waals surface area (Å²) in [4.78, 5) is 17.4. The van der Waals surface area contributed by atoms with Gasteiger partial charge in [0.15, 0.2) is 5.69 Å². The fraction of sp³-hybridized carbons (Fsp3) is 0.545. The number of halogens is 3. The summed E-state index contributed by atoms with van der Waals surface area (Å²) in [5.74, 6) is 1.10. The zero-order chi connectivity index (χ0) is 22.3. The van der Waals surface area contributed by atoms with Crippen LogP contribution in [-0.2, 0) is 13.6 Å². The number of aryl methyl sites for hydroxylation is 2. The van der Waals surface area contributed by atoms with Crippen LogP contribution in [0.2, 0.25) is 0 Å². The smallest absolute Gasteiger partial charge is 0.406 e. The highest BCUT2D eigenvalue weighted by Crippen LogP contribution is 2.52. The van der Waals surface area contributed by atoms with Crippen molar-refractivity contribution in [2.45, 2.75) is 26.8 Å². The summed E-state index contributed by atoms with van der Waals surface area (Å²) in [6.45, 7) is 7.92. The van der Waals surface area contributed by atoms with Gasteiger partial charge < -0.3 is 14.5 Å². The number of amides is 1. The predicted molar refractivity (Wildman–Crippen MR) is 108 cm³/mol. The maximum Gasteiger partial charge on any atom is 0.573 e. The monoisotopic (exact) mass is 436 g/mol. The van der Waals surface area contributed by atoms with Crippen molar-refractivity contribution in [1.82, 2.24) is 19.6 Å². The molecule has 2 unspecified atom stereocenters. The number of hydrogen-bond donors (Lipinski definition) is 0. The average molecular weight is 436 g/mol. The molecule has 31 heavy (non-hydrogen) atoms. The number of nitrogens with zero attached hydrogens (tertiary/aromatic N) is 4. The number of carbonyl (C=O) groups is 1. The predicted octanol–water partition coefficient (Wildman–Crippen LogP) is 3.47. The van der Waals surface area contributed by atoms with E-state index in [1.807, 2.05) is 6.92 Å². The van der Waals surface area contributed by atoms with Gasteiger partial charge in [-0.2, -0.15) is 5.10 Å². The number of hydrogen-bond acceptors (Lipinski definition) is 4. The molecule has 0 spiro atoms. The van der Waals surface area contributed by atoms with Gasteiger partial charge >= 0.3 is 6.36 Å². The Morgan fingerprint density at radius 1 is 1.26 bits per heavy atom. The number of alkyl halides is 3. The minimum atomic E-state index is -4.75. The van der Waals surface area contributed by atoms with Crippen LogP contribution in [0.5, 0.6) is 5.75 Å². The summed E-state index contributed by atoms with van der Waals surface area (Å²) in [5, 5.41) is 4.31. The number of rotatable bonds is 7. The number of carbonyl (C=O) groups excluding carboxylic acids is 1. The summed E-state index contributed by atoms with van der Waals surface area (Å²) in [7, 11) is 1.78. The minimum absolute atomic E-state index is 0.205. The van der Waals surface area contributed by atoms with Crippen molar-refractivity contribution in [1.29, 1.82) is 0 Å². The maximum absolute atomic E-state index is 13.3. The minimum Gasteiger partial charge on any atom is -0.406 e. The molecule has 2 aromatic rings. The van der Waals surface area contributed by atoms with E-state index in [0.29, 0.717) is 35.6 Å². The molecule has 1 amide bonds. The first-order valence-corrected chi connectivity index (χ1v) is 10.5. The SMILES string of the molecule is CCN1CC2C(C1)C2CN(Cc1cccc(OC(F)(F)F)c1)C(=O)c1cc(C)n(C)n1. The van der Waals surface area contributed by atoms with Crippen LogP contribution in [0, 0.1) is 24.7 Å². The fourth-order valence-corrected chi connectivity index (χ4v) is 4.63. The van der Waals surface area contributed by atoms with Gasteiger partial charge in [0, 0.05) is 38.9 Å². The van der Waals surface area contributed by atoms with Crippen molar-refractivity contribution in [3.63, 3.8) is 0 Å². The topological polar surface area (TPSA) is 50.6 Å². The highest BCUT2D eigenvalue weighted by molar-refractivity contribution is 5.92. The van der Waals surface area contributed by atoms with E-state index in [-0.39, 0.29) is 18.2 Å². The Balaban J connectivity index is 1.52. The van der Waals surface area contributed by atoms with E-state index in [9.17, 15) is 18.0 Å². The van der Waals surface area contributed by atoms with E-state index < -0.39 is 6.36 Å². The summed E-state index contributed by atoms with van der Waals surface area (Å²) in [5.41, 5.74) is 1.80. The molecule has 1 saturated carbocycles. The second kappa shape index (κ2) is 8.18. The first-order valence-electron chi connectivity index (χ1n) is 10.5. The van der Waals surface area contributed by atoms with Crippen LogP contribution in [-0.4, -0.2) is 58.0 Å². The maximum atomic E-state index is 13.3. The molecule has 0 N–H and O–H groups in total. The second-order valence-electron chi connectivity index (χ2n) is 8.52. The second-order valence-corrected chi connectivity index (χ2v) is 8.52. The molecule has 0 bridgehead atoms. The first-order chi connectivity index (χ1) is 14.6. The summed E-state index contributed by atoms with van der Waals surface area (Å²) >= 11 is 0. The molecule has 2 atom stereocenters. The van der Waals surface area contributed by atoms with Crippen LogP contribution in [0.25, 0.3) is 0 Å². The van der Waals surface area contributed by atoms with Crippen LogP contribution in [0.1, 0.15) is 28.7 Å². The number of aromatic nitrogens is 2. The standard InChI is InChI=1S/C22H27F3N4O2/c1-4-28-11-17-18(12-28)19(17)13-29(21(30)20-8-14(2)27(3)26-20)10-15-6-5-7-16(9-15)31-22(23,24)25/h5-9,17-19H,4,10-13H2,1-3H3. The highest BCUT2D eigenvalue weighted by Gasteiger charge is 2.55. The van der Waals surface area contributed by atoms with Gasteiger partial charge in [-0.1, -0.05) is 19.1 Å². The lowest BCUT2D eigenvalue weighted by Gasteiger charge is -2.25. The molecule has 9 heteroatoms. The third kappa shape index (κ3) is 4.87. The third-order valence-corrected chi connectivity index (χ3v) is 6.45. The molecule has 2 heterocycles. The molecular formula is C22H27F3N4O2. The van der Waals surface area contributed by atoms with Crippen LogP contribution >= 0.6 is 0 Å². The van der Waals surface area contributed by atoms with Crippen LogP contribution < -0.4 is 4.74 Å². The van der Waals surface area contributed by atoms with Crippen molar-refractivity contribution in [2.75, 3.05) is 26.2 Å². The van der Waals surface area contributed by atoms with Crippen LogP contribution in [0.3, 0.4) is 0 Å². The van der Waals surface area contributed by atoms with Crippen LogP contribution in [0.15, 0.2) is 30.3 Å². The molecule has 168 valence electrons. The number of benzene rings is 1. The summed E-state index contributed by atoms with van der Waals surface area (Å²) in [6.07, 6.45) is -4.75. The molecule has 2 aliphatic rings. The fourth-order valence-electron chi connectivity index (χ4n) is 4.63. The lowest BCUT2D eigenvalue weighted by Crippen LogP contribution is -2.35. The quantitative estimate of drug-likeness (QED) is 0.667. The van der Waals surface area contributed by atoms with Crippen LogP contribution in [0.4, 0.5) is 13.2 Å². The molecular weight excluding hydrogens is 409 g/mol. The van der Waals surface area contributed by atoms with Gasteiger partial charge in [-0.15, -0.1) is 13.2 Å². The molecule has 0 radical (unpaired) electrons. The average Bonchev–Trinajstić information content (AvgIpc) is 3.01. The zero-order valence-corrected chi connectivity index (χ0v) is 17.9. The first kappa shape index (κ1) is 21.7. The van der Waals surface area contributed by atoms with E-state index in [4.69, 9.17) is 0 Å². The Labute approximate surface area is 179 Å². The number of piperidine rings is 1. The summed E-state index contributed by atoms with van der Waals surface area (Å²) in [6, 6.07) is 7.56. The molecule has 2 fully saturated rings. The van der Waals surface area contributed by atoms with Crippen molar-refractivity contribution in [2.24, 2.45) is 24.8 Å². The Hall–Kier alpha value is -2.55. The van der Waals surface area contributed by atoms with Gasteiger partial charge in [0.1, 0.15) is 5.75 Å². The van der Waals surface area contributed by atoms with Crippen molar-refractivity contribution in [3.05, 3.63) is 47.3 Å².